The van der Waals surface area contributed by atoms with Crippen molar-refractivity contribution in [3.05, 3.63) is 24.3 Å². The Morgan fingerprint density at radius 3 is 2.38 bits per heavy atom. The van der Waals surface area contributed by atoms with Crippen LogP contribution in [0, 0.1) is 11.8 Å². The lowest BCUT2D eigenvalue weighted by atomic mass is 10.1. The van der Waals surface area contributed by atoms with Crippen molar-refractivity contribution in [3.63, 3.8) is 0 Å². The molecule has 1 heterocycles. The van der Waals surface area contributed by atoms with Crippen LogP contribution < -0.4 is 5.32 Å². The monoisotopic (exact) mass is 217 g/mol. The molecule has 1 unspecified atom stereocenters. The largest absolute Gasteiger partial charge is 0.305 e. The van der Waals surface area contributed by atoms with Crippen LogP contribution in [0.4, 0.5) is 0 Å². The second kappa shape index (κ2) is 4.13. The Kier molecular flexibility index (Phi) is 2.64. The first-order valence-corrected chi connectivity index (χ1v) is 6.36. The van der Waals surface area contributed by atoms with E-state index in [1.807, 2.05) is 6.20 Å². The number of rotatable bonds is 5. The van der Waals surface area contributed by atoms with E-state index in [0.717, 1.165) is 23.6 Å². The van der Waals surface area contributed by atoms with E-state index in [2.05, 4.69) is 22.2 Å². The molecule has 0 spiro atoms. The van der Waals surface area contributed by atoms with Crippen LogP contribution in [0.15, 0.2) is 18.6 Å². The molecule has 16 heavy (non-hydrogen) atoms. The predicted molar refractivity (Wildman–Crippen MR) is 62.8 cm³/mol. The fourth-order valence-electron chi connectivity index (χ4n) is 2.48. The van der Waals surface area contributed by atoms with Gasteiger partial charge in [0.2, 0.25) is 0 Å². The van der Waals surface area contributed by atoms with Gasteiger partial charge in [0, 0.05) is 30.7 Å². The lowest BCUT2D eigenvalue weighted by Gasteiger charge is -2.22. The van der Waals surface area contributed by atoms with Gasteiger partial charge >= 0.3 is 0 Å². The zero-order valence-electron chi connectivity index (χ0n) is 9.76. The molecule has 0 aromatic carbocycles. The summed E-state index contributed by atoms with van der Waals surface area (Å²) in [5.74, 6) is 1.87. The van der Waals surface area contributed by atoms with E-state index in [1.165, 1.54) is 25.7 Å². The van der Waals surface area contributed by atoms with Crippen molar-refractivity contribution >= 4 is 0 Å². The Balaban J connectivity index is 1.64. The summed E-state index contributed by atoms with van der Waals surface area (Å²) in [6.45, 7) is 2.20. The number of aromatic nitrogens is 2. The maximum Gasteiger partial charge on any atom is 0.0753 e. The van der Waals surface area contributed by atoms with Crippen molar-refractivity contribution in [2.45, 2.75) is 44.7 Å². The second-order valence-corrected chi connectivity index (χ2v) is 5.22. The summed E-state index contributed by atoms with van der Waals surface area (Å²) in [4.78, 5) is 8.50. The van der Waals surface area contributed by atoms with Crippen LogP contribution in [0.3, 0.4) is 0 Å². The molecule has 2 aliphatic rings. The summed E-state index contributed by atoms with van der Waals surface area (Å²) in [6.07, 6.45) is 11.0. The quantitative estimate of drug-likeness (QED) is 0.822. The molecule has 2 fully saturated rings. The SMILES string of the molecule is CC(NC(C1CC1)C1CC1)c1cnccn1. The Labute approximate surface area is 96.7 Å². The van der Waals surface area contributed by atoms with Gasteiger partial charge in [-0.05, 0) is 44.4 Å². The summed E-state index contributed by atoms with van der Waals surface area (Å²) in [6, 6.07) is 1.07. The summed E-state index contributed by atoms with van der Waals surface area (Å²) in [5, 5.41) is 3.75. The molecule has 1 N–H and O–H groups in total. The number of nitrogens with zero attached hydrogens (tertiary/aromatic N) is 2. The Bertz CT molecular complexity index is 331. The van der Waals surface area contributed by atoms with Gasteiger partial charge < -0.3 is 5.32 Å². The molecular formula is C13H19N3. The van der Waals surface area contributed by atoms with Gasteiger partial charge in [-0.3, -0.25) is 9.97 Å². The molecule has 0 aliphatic heterocycles. The Hall–Kier alpha value is -0.960. The van der Waals surface area contributed by atoms with E-state index in [-0.39, 0.29) is 0 Å². The summed E-state index contributed by atoms with van der Waals surface area (Å²) in [7, 11) is 0. The van der Waals surface area contributed by atoms with Crippen LogP contribution in [0.2, 0.25) is 0 Å². The zero-order valence-corrected chi connectivity index (χ0v) is 9.76. The minimum Gasteiger partial charge on any atom is -0.305 e. The highest BCUT2D eigenvalue weighted by Gasteiger charge is 2.41. The third kappa shape index (κ3) is 2.24. The summed E-state index contributed by atoms with van der Waals surface area (Å²) < 4.78 is 0. The minimum atomic E-state index is 0.333. The fourth-order valence-corrected chi connectivity index (χ4v) is 2.48. The third-order valence-electron chi connectivity index (χ3n) is 3.73. The normalized spacial score (nSPS) is 22.4. The fraction of sp³-hybridized carbons (Fsp3) is 0.692. The van der Waals surface area contributed by atoms with E-state index < -0.39 is 0 Å². The molecule has 3 rings (SSSR count). The van der Waals surface area contributed by atoms with Gasteiger partial charge in [0.15, 0.2) is 0 Å². The number of hydrogen-bond donors (Lipinski definition) is 1. The second-order valence-electron chi connectivity index (χ2n) is 5.22. The van der Waals surface area contributed by atoms with Crippen molar-refractivity contribution in [3.8, 4) is 0 Å². The highest BCUT2D eigenvalue weighted by atomic mass is 15.0. The molecule has 86 valence electrons. The number of nitrogens with one attached hydrogen (secondary N) is 1. The topological polar surface area (TPSA) is 37.8 Å². The summed E-state index contributed by atoms with van der Waals surface area (Å²) >= 11 is 0. The van der Waals surface area contributed by atoms with Gasteiger partial charge in [0.05, 0.1) is 5.69 Å². The van der Waals surface area contributed by atoms with Gasteiger partial charge in [0.25, 0.3) is 0 Å². The minimum absolute atomic E-state index is 0.333. The smallest absolute Gasteiger partial charge is 0.0753 e. The molecule has 1 aromatic heterocycles. The van der Waals surface area contributed by atoms with E-state index in [9.17, 15) is 0 Å². The predicted octanol–water partition coefficient (Wildman–Crippen LogP) is 2.32. The van der Waals surface area contributed by atoms with Crippen LogP contribution in [-0.4, -0.2) is 16.0 Å². The highest BCUT2D eigenvalue weighted by Crippen LogP contribution is 2.45. The van der Waals surface area contributed by atoms with Crippen molar-refractivity contribution in [2.75, 3.05) is 0 Å². The molecule has 0 bridgehead atoms. The van der Waals surface area contributed by atoms with E-state index in [1.54, 1.807) is 12.4 Å². The van der Waals surface area contributed by atoms with Gasteiger partial charge in [-0.15, -0.1) is 0 Å². The highest BCUT2D eigenvalue weighted by molar-refractivity contribution is 5.04. The molecule has 0 saturated heterocycles. The molecule has 2 saturated carbocycles. The lowest BCUT2D eigenvalue weighted by Crippen LogP contribution is -2.35. The van der Waals surface area contributed by atoms with Crippen molar-refractivity contribution in [1.29, 1.82) is 0 Å². The zero-order chi connectivity index (χ0) is 11.0. The molecule has 0 amide bonds. The molecule has 2 aliphatic carbocycles. The number of hydrogen-bond acceptors (Lipinski definition) is 3. The van der Waals surface area contributed by atoms with Gasteiger partial charge in [0.1, 0.15) is 0 Å². The third-order valence-corrected chi connectivity index (χ3v) is 3.73. The first-order valence-electron chi connectivity index (χ1n) is 6.36. The first kappa shape index (κ1) is 10.2. The maximum absolute atomic E-state index is 4.37. The molecular weight excluding hydrogens is 198 g/mol. The average Bonchev–Trinajstić information content (AvgIpc) is 3.19. The van der Waals surface area contributed by atoms with Crippen LogP contribution in [0.5, 0.6) is 0 Å². The molecule has 0 radical (unpaired) electrons. The van der Waals surface area contributed by atoms with Crippen LogP contribution in [0.25, 0.3) is 0 Å². The Morgan fingerprint density at radius 1 is 1.19 bits per heavy atom. The first-order chi connectivity index (χ1) is 7.84. The van der Waals surface area contributed by atoms with Gasteiger partial charge in [-0.25, -0.2) is 0 Å². The van der Waals surface area contributed by atoms with Crippen LogP contribution in [0.1, 0.15) is 44.3 Å². The Morgan fingerprint density at radius 2 is 1.88 bits per heavy atom. The van der Waals surface area contributed by atoms with Crippen molar-refractivity contribution in [2.24, 2.45) is 11.8 Å². The standard InChI is InChI=1S/C13H19N3/c1-9(12-8-14-6-7-15-12)16-13(10-2-3-10)11-4-5-11/h6-11,13,16H,2-5H2,1H3. The van der Waals surface area contributed by atoms with Crippen molar-refractivity contribution < 1.29 is 0 Å². The van der Waals surface area contributed by atoms with Crippen molar-refractivity contribution in [1.82, 2.24) is 15.3 Å². The van der Waals surface area contributed by atoms with Gasteiger partial charge in [-0.2, -0.15) is 0 Å². The van der Waals surface area contributed by atoms with E-state index in [4.69, 9.17) is 0 Å². The molecule has 1 atom stereocenters. The van der Waals surface area contributed by atoms with E-state index >= 15 is 0 Å². The lowest BCUT2D eigenvalue weighted by molar-refractivity contribution is 0.373. The maximum atomic E-state index is 4.37. The van der Waals surface area contributed by atoms with Crippen LogP contribution in [-0.2, 0) is 0 Å². The molecule has 3 nitrogen and oxygen atoms in total. The van der Waals surface area contributed by atoms with E-state index in [0.29, 0.717) is 6.04 Å². The molecule has 1 aromatic rings. The van der Waals surface area contributed by atoms with Crippen LogP contribution >= 0.6 is 0 Å². The summed E-state index contributed by atoms with van der Waals surface area (Å²) in [5.41, 5.74) is 1.06. The average molecular weight is 217 g/mol. The molecule has 3 heteroatoms. The van der Waals surface area contributed by atoms with Gasteiger partial charge in [-0.1, -0.05) is 0 Å².